The van der Waals surface area contributed by atoms with Crippen LogP contribution in [-0.4, -0.2) is 46.0 Å². The van der Waals surface area contributed by atoms with Crippen LogP contribution in [-0.2, 0) is 24.3 Å². The van der Waals surface area contributed by atoms with E-state index in [1.165, 1.54) is 0 Å². The lowest BCUT2D eigenvalue weighted by molar-refractivity contribution is -0.119. The maximum absolute atomic E-state index is 12.7. The van der Waals surface area contributed by atoms with Gasteiger partial charge in [0, 0.05) is 30.4 Å². The molecule has 3 aromatic rings. The van der Waals surface area contributed by atoms with Crippen molar-refractivity contribution < 1.29 is 9.53 Å². The van der Waals surface area contributed by atoms with Crippen molar-refractivity contribution in [3.05, 3.63) is 77.0 Å². The van der Waals surface area contributed by atoms with Crippen molar-refractivity contribution in [1.82, 2.24) is 19.9 Å². The fourth-order valence-corrected chi connectivity index (χ4v) is 3.97. The van der Waals surface area contributed by atoms with E-state index in [1.54, 1.807) is 11.1 Å². The highest BCUT2D eigenvalue weighted by atomic mass is 16.5. The van der Waals surface area contributed by atoms with Crippen molar-refractivity contribution >= 4 is 11.7 Å². The highest BCUT2D eigenvalue weighted by molar-refractivity contribution is 5.95. The Labute approximate surface area is 189 Å². The molecule has 0 saturated carbocycles. The molecule has 0 radical (unpaired) electrons. The molecule has 0 fully saturated rings. The number of hydrogen-bond acceptors (Lipinski definition) is 6. The number of anilines is 1. The van der Waals surface area contributed by atoms with E-state index in [-0.39, 0.29) is 5.91 Å². The van der Waals surface area contributed by atoms with Crippen LogP contribution >= 0.6 is 0 Å². The van der Waals surface area contributed by atoms with Gasteiger partial charge in [-0.25, -0.2) is 9.97 Å². The summed E-state index contributed by atoms with van der Waals surface area (Å²) in [6.45, 7) is 6.16. The van der Waals surface area contributed by atoms with Crippen molar-refractivity contribution in [3.63, 3.8) is 0 Å². The van der Waals surface area contributed by atoms with Crippen molar-refractivity contribution in [2.75, 3.05) is 25.1 Å². The van der Waals surface area contributed by atoms with Gasteiger partial charge in [0.25, 0.3) is 0 Å². The van der Waals surface area contributed by atoms with Crippen LogP contribution in [0.1, 0.15) is 34.8 Å². The van der Waals surface area contributed by atoms with Crippen LogP contribution < -0.4 is 9.64 Å². The first-order chi connectivity index (χ1) is 15.5. The molecule has 7 heteroatoms. The maximum atomic E-state index is 12.7. The smallest absolute Gasteiger partial charge is 0.228 e. The van der Waals surface area contributed by atoms with Gasteiger partial charge in [0.2, 0.25) is 5.91 Å². The Bertz CT molecular complexity index is 1090. The summed E-state index contributed by atoms with van der Waals surface area (Å²) in [5.41, 5.74) is 4.06. The van der Waals surface area contributed by atoms with Crippen molar-refractivity contribution in [1.29, 1.82) is 0 Å². The van der Waals surface area contributed by atoms with Gasteiger partial charge in [0.05, 0.1) is 18.8 Å². The Hall–Kier alpha value is -3.32. The third kappa shape index (κ3) is 5.11. The fourth-order valence-electron chi connectivity index (χ4n) is 3.97. The first-order valence-electron chi connectivity index (χ1n) is 10.9. The molecular weight excluding hydrogens is 402 g/mol. The molecule has 0 spiro atoms. The molecule has 1 aliphatic rings. The second kappa shape index (κ2) is 9.87. The van der Waals surface area contributed by atoms with E-state index in [4.69, 9.17) is 14.7 Å². The van der Waals surface area contributed by atoms with Crippen LogP contribution in [0.25, 0.3) is 0 Å². The van der Waals surface area contributed by atoms with E-state index in [0.29, 0.717) is 44.9 Å². The molecule has 166 valence electrons. The van der Waals surface area contributed by atoms with Gasteiger partial charge in [0.1, 0.15) is 24.0 Å². The number of hydrogen-bond donors (Lipinski definition) is 0. The third-order valence-electron chi connectivity index (χ3n) is 5.62. The lowest BCUT2D eigenvalue weighted by Gasteiger charge is -2.29. The van der Waals surface area contributed by atoms with Crippen LogP contribution in [0.5, 0.6) is 5.75 Å². The zero-order chi connectivity index (χ0) is 22.5. The number of para-hydroxylation sites is 1. The second-order valence-electron chi connectivity index (χ2n) is 8.18. The predicted octanol–water partition coefficient (Wildman–Crippen LogP) is 3.48. The largest absolute Gasteiger partial charge is 0.491 e. The topological polar surface area (TPSA) is 71.5 Å². The first kappa shape index (κ1) is 21.9. The molecule has 0 bridgehead atoms. The molecule has 1 aliphatic heterocycles. The number of carbonyl (C=O) groups is 1. The number of fused-ring (bicyclic) bond motifs is 1. The van der Waals surface area contributed by atoms with Gasteiger partial charge in [-0.05, 0) is 51.1 Å². The van der Waals surface area contributed by atoms with Crippen LogP contribution in [0.3, 0.4) is 0 Å². The summed E-state index contributed by atoms with van der Waals surface area (Å²) in [5.74, 6) is 2.35. The number of pyridine rings is 1. The van der Waals surface area contributed by atoms with E-state index >= 15 is 0 Å². The normalized spacial score (nSPS) is 13.4. The molecule has 4 rings (SSSR count). The quantitative estimate of drug-likeness (QED) is 0.544. The molecule has 0 aliphatic carbocycles. The minimum absolute atomic E-state index is 0.0803. The summed E-state index contributed by atoms with van der Waals surface area (Å²) in [4.78, 5) is 30.5. The molecule has 2 aromatic heterocycles. The Morgan fingerprint density at radius 3 is 2.62 bits per heavy atom. The molecule has 7 nitrogen and oxygen atoms in total. The number of rotatable bonds is 8. The first-order valence-corrected chi connectivity index (χ1v) is 10.9. The highest BCUT2D eigenvalue weighted by Crippen LogP contribution is 2.28. The number of carbonyl (C=O) groups excluding carboxylic acids is 1. The molecular formula is C25H29N5O2. The zero-order valence-electron chi connectivity index (χ0n) is 18.9. The van der Waals surface area contributed by atoms with E-state index in [0.717, 1.165) is 34.1 Å². The molecule has 32 heavy (non-hydrogen) atoms. The number of ether oxygens (including phenoxy) is 1. The van der Waals surface area contributed by atoms with Crippen LogP contribution in [0.2, 0.25) is 0 Å². The second-order valence-corrected chi connectivity index (χ2v) is 8.18. The van der Waals surface area contributed by atoms with Crippen molar-refractivity contribution in [3.8, 4) is 5.75 Å². The average molecular weight is 432 g/mol. The van der Waals surface area contributed by atoms with Crippen LogP contribution in [0, 0.1) is 13.8 Å². The monoisotopic (exact) mass is 431 g/mol. The average Bonchev–Trinajstić information content (AvgIpc) is 2.77. The zero-order valence-corrected chi connectivity index (χ0v) is 18.9. The minimum atomic E-state index is 0.0803. The van der Waals surface area contributed by atoms with E-state index in [2.05, 4.69) is 9.88 Å². The van der Waals surface area contributed by atoms with Gasteiger partial charge in [-0.2, -0.15) is 0 Å². The third-order valence-corrected chi connectivity index (χ3v) is 5.62. The van der Waals surface area contributed by atoms with Gasteiger partial charge in [-0.15, -0.1) is 0 Å². The van der Waals surface area contributed by atoms with Crippen LogP contribution in [0.15, 0.2) is 48.7 Å². The molecule has 3 heterocycles. The van der Waals surface area contributed by atoms with Gasteiger partial charge in [0.15, 0.2) is 0 Å². The summed E-state index contributed by atoms with van der Waals surface area (Å²) < 4.78 is 5.94. The maximum Gasteiger partial charge on any atom is 0.228 e. The standard InChI is InChI=1S/C25H29N5O2/c1-18-8-4-5-10-22(18)32-15-14-30-24(31)12-11-21-19(2)27-23(28-25(21)30)17-29(3)16-20-9-6-7-13-26-20/h4-10,13H,11-12,14-17H2,1-3H3. The highest BCUT2D eigenvalue weighted by Gasteiger charge is 2.28. The number of aryl methyl sites for hydroxylation is 2. The summed E-state index contributed by atoms with van der Waals surface area (Å²) in [5, 5.41) is 0. The summed E-state index contributed by atoms with van der Waals surface area (Å²) in [6, 6.07) is 13.8. The Balaban J connectivity index is 1.48. The van der Waals surface area contributed by atoms with E-state index in [1.807, 2.05) is 63.4 Å². The number of benzene rings is 1. The van der Waals surface area contributed by atoms with E-state index < -0.39 is 0 Å². The van der Waals surface area contributed by atoms with Gasteiger partial charge in [-0.1, -0.05) is 24.3 Å². The Morgan fingerprint density at radius 1 is 1.03 bits per heavy atom. The van der Waals surface area contributed by atoms with Crippen molar-refractivity contribution in [2.24, 2.45) is 0 Å². The number of nitrogens with zero attached hydrogens (tertiary/aromatic N) is 5. The molecule has 0 unspecified atom stereocenters. The predicted molar refractivity (Wildman–Crippen MR) is 124 cm³/mol. The lowest BCUT2D eigenvalue weighted by atomic mass is 10.0. The number of amides is 1. The SMILES string of the molecule is Cc1ccccc1OCCN1C(=O)CCc2c(C)nc(CN(C)Cc3ccccn3)nc21. The molecule has 1 aromatic carbocycles. The molecule has 0 atom stereocenters. The van der Waals surface area contributed by atoms with Gasteiger partial charge < -0.3 is 4.74 Å². The van der Waals surface area contributed by atoms with E-state index in [9.17, 15) is 4.79 Å². The summed E-state index contributed by atoms with van der Waals surface area (Å²) in [7, 11) is 2.02. The summed E-state index contributed by atoms with van der Waals surface area (Å²) >= 11 is 0. The summed E-state index contributed by atoms with van der Waals surface area (Å²) in [6.07, 6.45) is 2.95. The molecule has 0 N–H and O–H groups in total. The van der Waals surface area contributed by atoms with Gasteiger partial charge in [-0.3, -0.25) is 19.6 Å². The van der Waals surface area contributed by atoms with Gasteiger partial charge >= 0.3 is 0 Å². The van der Waals surface area contributed by atoms with Crippen molar-refractivity contribution in [2.45, 2.75) is 39.8 Å². The Kier molecular flexibility index (Phi) is 6.75. The molecule has 0 saturated heterocycles. The number of aromatic nitrogens is 3. The minimum Gasteiger partial charge on any atom is -0.491 e. The molecule has 1 amide bonds. The Morgan fingerprint density at radius 2 is 1.84 bits per heavy atom. The van der Waals surface area contributed by atoms with Crippen LogP contribution in [0.4, 0.5) is 5.82 Å². The fraction of sp³-hybridized carbons (Fsp3) is 0.360. The lowest BCUT2D eigenvalue weighted by Crippen LogP contribution is -2.39.